The molecule has 2 unspecified atom stereocenters. The molecule has 0 amide bonds. The van der Waals surface area contributed by atoms with Gasteiger partial charge in [0, 0.05) is 39.1 Å². The summed E-state index contributed by atoms with van der Waals surface area (Å²) < 4.78 is 1.72. The largest absolute Gasteiger partial charge is 0.391 e. The van der Waals surface area contributed by atoms with Gasteiger partial charge in [0.2, 0.25) is 0 Å². The lowest BCUT2D eigenvalue weighted by molar-refractivity contribution is 0.0140. The fourth-order valence-corrected chi connectivity index (χ4v) is 2.29. The topological polar surface area (TPSA) is 57.4 Å². The van der Waals surface area contributed by atoms with E-state index >= 15 is 0 Å². The molecule has 1 N–H and O–H groups in total. The molecule has 2 rings (SSSR count). The highest BCUT2D eigenvalue weighted by molar-refractivity contribution is 4.93. The van der Waals surface area contributed by atoms with Crippen molar-refractivity contribution in [2.75, 3.05) is 33.7 Å². The predicted octanol–water partition coefficient (Wildman–Crippen LogP) is -1.04. The smallest absolute Gasteiger partial charge is 0.138 e. The first-order valence-corrected chi connectivity index (χ1v) is 5.97. The van der Waals surface area contributed by atoms with Crippen LogP contribution >= 0.6 is 0 Å². The lowest BCUT2D eigenvalue weighted by Gasteiger charge is -2.40. The van der Waals surface area contributed by atoms with Crippen molar-refractivity contribution in [1.29, 1.82) is 0 Å². The summed E-state index contributed by atoms with van der Waals surface area (Å²) >= 11 is 0. The Morgan fingerprint density at radius 1 is 1.41 bits per heavy atom. The van der Waals surface area contributed by atoms with Crippen molar-refractivity contribution in [2.45, 2.75) is 18.6 Å². The number of aromatic nitrogens is 3. The average molecular weight is 239 g/mol. The number of rotatable bonds is 3. The first-order chi connectivity index (χ1) is 8.08. The van der Waals surface area contributed by atoms with Gasteiger partial charge in [-0.1, -0.05) is 0 Å². The summed E-state index contributed by atoms with van der Waals surface area (Å²) in [5.41, 5.74) is 0. The van der Waals surface area contributed by atoms with E-state index in [2.05, 4.69) is 34.0 Å². The molecule has 1 aromatic rings. The molecule has 1 fully saturated rings. The van der Waals surface area contributed by atoms with Crippen LogP contribution in [0.15, 0.2) is 6.33 Å². The second-order valence-electron chi connectivity index (χ2n) is 4.88. The molecular weight excluding hydrogens is 218 g/mol. The molecular formula is C11H21N5O. The quantitative estimate of drug-likeness (QED) is 0.730. The number of nitrogens with zero attached hydrogens (tertiary/aromatic N) is 5. The monoisotopic (exact) mass is 239 g/mol. The maximum Gasteiger partial charge on any atom is 0.138 e. The lowest BCUT2D eigenvalue weighted by atomic mass is 10.0. The number of likely N-dealkylation sites (N-methyl/N-ethyl adjacent to an activating group) is 2. The standard InChI is InChI=1S/C11H21N5O/c1-14-4-5-15(2)9(7-14)10(17)6-11-12-8-13-16(11)3/h8-10,17H,4-7H2,1-3H3. The Morgan fingerprint density at radius 2 is 2.18 bits per heavy atom. The summed E-state index contributed by atoms with van der Waals surface area (Å²) in [6.07, 6.45) is 1.68. The third kappa shape index (κ3) is 2.83. The minimum atomic E-state index is -0.398. The van der Waals surface area contributed by atoms with Crippen LogP contribution in [0.4, 0.5) is 0 Å². The molecule has 96 valence electrons. The van der Waals surface area contributed by atoms with Crippen molar-refractivity contribution in [2.24, 2.45) is 7.05 Å². The fraction of sp³-hybridized carbons (Fsp3) is 0.818. The zero-order valence-corrected chi connectivity index (χ0v) is 10.7. The number of piperazine rings is 1. The molecule has 6 nitrogen and oxygen atoms in total. The molecule has 0 saturated carbocycles. The molecule has 1 aromatic heterocycles. The molecule has 0 bridgehead atoms. The summed E-state index contributed by atoms with van der Waals surface area (Å²) in [5, 5.41) is 14.3. The molecule has 1 saturated heterocycles. The van der Waals surface area contributed by atoms with Crippen LogP contribution in [0.3, 0.4) is 0 Å². The van der Waals surface area contributed by atoms with Gasteiger partial charge in [-0.15, -0.1) is 0 Å². The summed E-state index contributed by atoms with van der Waals surface area (Å²) in [7, 11) is 6.01. The van der Waals surface area contributed by atoms with Crippen molar-refractivity contribution in [3.63, 3.8) is 0 Å². The molecule has 0 aromatic carbocycles. The van der Waals surface area contributed by atoms with Crippen LogP contribution in [0, 0.1) is 0 Å². The number of aliphatic hydroxyl groups excluding tert-OH is 1. The normalized spacial score (nSPS) is 25.1. The Labute approximate surface area is 102 Å². The summed E-state index contributed by atoms with van der Waals surface area (Å²) in [6, 6.07) is 0.172. The van der Waals surface area contributed by atoms with Crippen molar-refractivity contribution < 1.29 is 5.11 Å². The highest BCUT2D eigenvalue weighted by Crippen LogP contribution is 2.12. The van der Waals surface area contributed by atoms with Crippen LogP contribution in [-0.2, 0) is 13.5 Å². The maximum absolute atomic E-state index is 10.3. The molecule has 1 aliphatic rings. The average Bonchev–Trinajstić information content (AvgIpc) is 2.68. The van der Waals surface area contributed by atoms with E-state index < -0.39 is 6.10 Å². The first-order valence-electron chi connectivity index (χ1n) is 5.97. The SMILES string of the molecule is CN1CCN(C)C(C(O)Cc2ncnn2C)C1. The van der Waals surface area contributed by atoms with Gasteiger partial charge >= 0.3 is 0 Å². The zero-order valence-electron chi connectivity index (χ0n) is 10.7. The van der Waals surface area contributed by atoms with Crippen LogP contribution in [0.5, 0.6) is 0 Å². The van der Waals surface area contributed by atoms with Crippen LogP contribution in [0.1, 0.15) is 5.82 Å². The molecule has 0 spiro atoms. The third-order valence-corrected chi connectivity index (χ3v) is 3.54. The van der Waals surface area contributed by atoms with Gasteiger partial charge in [-0.2, -0.15) is 5.10 Å². The van der Waals surface area contributed by atoms with E-state index in [4.69, 9.17) is 0 Å². The van der Waals surface area contributed by atoms with Gasteiger partial charge in [0.1, 0.15) is 12.2 Å². The van der Waals surface area contributed by atoms with E-state index in [1.807, 2.05) is 7.05 Å². The van der Waals surface area contributed by atoms with Crippen molar-refractivity contribution in [3.8, 4) is 0 Å². The van der Waals surface area contributed by atoms with E-state index in [-0.39, 0.29) is 6.04 Å². The number of aliphatic hydroxyl groups is 1. The second kappa shape index (κ2) is 5.12. The van der Waals surface area contributed by atoms with Gasteiger partial charge in [-0.25, -0.2) is 4.98 Å². The van der Waals surface area contributed by atoms with Gasteiger partial charge in [0.15, 0.2) is 0 Å². The summed E-state index contributed by atoms with van der Waals surface area (Å²) in [4.78, 5) is 8.63. The van der Waals surface area contributed by atoms with Crippen LogP contribution in [0.25, 0.3) is 0 Å². The molecule has 2 atom stereocenters. The van der Waals surface area contributed by atoms with E-state index in [0.29, 0.717) is 6.42 Å². The van der Waals surface area contributed by atoms with E-state index in [1.54, 1.807) is 4.68 Å². The Bertz CT molecular complexity index is 366. The highest BCUT2D eigenvalue weighted by Gasteiger charge is 2.29. The molecule has 2 heterocycles. The van der Waals surface area contributed by atoms with Crippen molar-refractivity contribution in [3.05, 3.63) is 12.2 Å². The van der Waals surface area contributed by atoms with Crippen LogP contribution in [-0.4, -0.2) is 75.5 Å². The Kier molecular flexibility index (Phi) is 3.76. The van der Waals surface area contributed by atoms with E-state index in [9.17, 15) is 5.11 Å². The summed E-state index contributed by atoms with van der Waals surface area (Å²) in [5.74, 6) is 0.833. The minimum absolute atomic E-state index is 0.172. The third-order valence-electron chi connectivity index (χ3n) is 3.54. The Balaban J connectivity index is 1.99. The van der Waals surface area contributed by atoms with Crippen molar-refractivity contribution in [1.82, 2.24) is 24.6 Å². The Morgan fingerprint density at radius 3 is 2.82 bits per heavy atom. The molecule has 17 heavy (non-hydrogen) atoms. The Hall–Kier alpha value is -0.980. The van der Waals surface area contributed by atoms with E-state index in [0.717, 1.165) is 25.5 Å². The zero-order chi connectivity index (χ0) is 12.4. The highest BCUT2D eigenvalue weighted by atomic mass is 16.3. The molecule has 6 heteroatoms. The van der Waals surface area contributed by atoms with E-state index in [1.165, 1.54) is 6.33 Å². The molecule has 1 aliphatic heterocycles. The maximum atomic E-state index is 10.3. The van der Waals surface area contributed by atoms with Gasteiger partial charge in [-0.05, 0) is 14.1 Å². The van der Waals surface area contributed by atoms with Crippen LogP contribution < -0.4 is 0 Å². The fourth-order valence-electron chi connectivity index (χ4n) is 2.29. The predicted molar refractivity (Wildman–Crippen MR) is 64.6 cm³/mol. The number of hydrogen-bond acceptors (Lipinski definition) is 5. The van der Waals surface area contributed by atoms with Gasteiger partial charge in [0.25, 0.3) is 0 Å². The van der Waals surface area contributed by atoms with Crippen LogP contribution in [0.2, 0.25) is 0 Å². The van der Waals surface area contributed by atoms with Gasteiger partial charge in [0.05, 0.1) is 6.10 Å². The van der Waals surface area contributed by atoms with Crippen molar-refractivity contribution >= 4 is 0 Å². The number of aryl methyl sites for hydroxylation is 1. The van der Waals surface area contributed by atoms with Gasteiger partial charge in [-0.3, -0.25) is 9.58 Å². The van der Waals surface area contributed by atoms with Gasteiger partial charge < -0.3 is 10.0 Å². The molecule has 0 radical (unpaired) electrons. The second-order valence-corrected chi connectivity index (χ2v) is 4.88. The number of hydrogen-bond donors (Lipinski definition) is 1. The lowest BCUT2D eigenvalue weighted by Crippen LogP contribution is -2.55. The minimum Gasteiger partial charge on any atom is -0.391 e. The first kappa shape index (κ1) is 12.5. The summed E-state index contributed by atoms with van der Waals surface area (Å²) in [6.45, 7) is 2.95. The molecule has 0 aliphatic carbocycles.